The largest absolute Gasteiger partial charge is 0.508 e. The summed E-state index contributed by atoms with van der Waals surface area (Å²) in [6.45, 7) is 1.55. The van der Waals surface area contributed by atoms with Crippen molar-refractivity contribution in [1.29, 1.82) is 0 Å². The van der Waals surface area contributed by atoms with Gasteiger partial charge < -0.3 is 72.6 Å². The molecule has 2 aliphatic rings. The molecule has 2 aliphatic heterocycles. The monoisotopic (exact) mass is 948 g/mol. The first kappa shape index (κ1) is 52.3. The third kappa shape index (κ3) is 14.4. The molecule has 7 amide bonds. The summed E-state index contributed by atoms with van der Waals surface area (Å²) in [6, 6.07) is 13.3. The highest BCUT2D eigenvalue weighted by atomic mass is 16.6. The fourth-order valence-corrected chi connectivity index (χ4v) is 7.76. The molecule has 22 heteroatoms. The number of rotatable bonds is 21. The number of nitrogens with two attached hydrogens (primary N) is 1. The molecule has 368 valence electrons. The Hall–Kier alpha value is -6.69. The van der Waals surface area contributed by atoms with E-state index in [4.69, 9.17) is 10.5 Å². The molecule has 0 aliphatic carbocycles. The van der Waals surface area contributed by atoms with Crippen molar-refractivity contribution in [3.8, 4) is 11.5 Å². The molecule has 3 aromatic carbocycles. The van der Waals surface area contributed by atoms with E-state index in [0.717, 1.165) is 0 Å². The van der Waals surface area contributed by atoms with Gasteiger partial charge in [-0.3, -0.25) is 38.9 Å². The smallest absolute Gasteiger partial charge is 0.246 e. The van der Waals surface area contributed by atoms with Gasteiger partial charge in [-0.25, -0.2) is 0 Å². The van der Waals surface area contributed by atoms with E-state index in [-0.39, 0.29) is 43.7 Å². The summed E-state index contributed by atoms with van der Waals surface area (Å²) in [5.41, 5.74) is 7.02. The van der Waals surface area contributed by atoms with Crippen molar-refractivity contribution in [1.82, 2.24) is 36.8 Å². The van der Waals surface area contributed by atoms with Gasteiger partial charge in [0, 0.05) is 19.4 Å². The summed E-state index contributed by atoms with van der Waals surface area (Å²) in [6.07, 6.45) is -7.39. The van der Waals surface area contributed by atoms with Crippen molar-refractivity contribution in [3.63, 3.8) is 0 Å². The lowest BCUT2D eigenvalue weighted by Crippen LogP contribution is -2.65. The minimum Gasteiger partial charge on any atom is -0.508 e. The molecule has 0 spiro atoms. The van der Waals surface area contributed by atoms with Crippen LogP contribution in [0.1, 0.15) is 43.4 Å². The maximum absolute atomic E-state index is 14.1. The summed E-state index contributed by atoms with van der Waals surface area (Å²) in [7, 11) is 0. The molecule has 22 nitrogen and oxygen atoms in total. The number of benzene rings is 3. The summed E-state index contributed by atoms with van der Waals surface area (Å²) < 4.78 is 5.57. The lowest BCUT2D eigenvalue weighted by Gasteiger charge is -2.41. The van der Waals surface area contributed by atoms with Gasteiger partial charge in [0.05, 0.1) is 19.2 Å². The molecule has 2 heterocycles. The summed E-state index contributed by atoms with van der Waals surface area (Å²) in [4.78, 5) is 95.1. The summed E-state index contributed by atoms with van der Waals surface area (Å²) in [5, 5.41) is 76.3. The Kier molecular flexibility index (Phi) is 18.7. The zero-order chi connectivity index (χ0) is 49.7. The number of aliphatic hydroxyl groups is 4. The van der Waals surface area contributed by atoms with Crippen LogP contribution >= 0.6 is 0 Å². The first-order chi connectivity index (χ1) is 32.3. The maximum Gasteiger partial charge on any atom is 0.246 e. The molecule has 3 aromatic rings. The van der Waals surface area contributed by atoms with Gasteiger partial charge in [-0.05, 0) is 74.1 Å². The van der Waals surface area contributed by atoms with Crippen LogP contribution in [0.4, 0.5) is 0 Å². The van der Waals surface area contributed by atoms with Crippen LogP contribution in [-0.4, -0.2) is 163 Å². The van der Waals surface area contributed by atoms with Crippen molar-refractivity contribution in [2.24, 2.45) is 5.73 Å². The average molecular weight is 949 g/mol. The van der Waals surface area contributed by atoms with Gasteiger partial charge >= 0.3 is 0 Å². The Morgan fingerprint density at radius 2 is 1.25 bits per heavy atom. The lowest BCUT2D eigenvalue weighted by molar-refractivity contribution is -0.238. The number of likely N-dealkylation sites (tertiary alicyclic amines) is 1. The highest BCUT2D eigenvalue weighted by molar-refractivity contribution is 5.96. The van der Waals surface area contributed by atoms with E-state index in [1.54, 1.807) is 42.5 Å². The zero-order valence-electron chi connectivity index (χ0n) is 37.5. The Balaban J connectivity index is 1.27. The minimum atomic E-state index is -1.75. The Morgan fingerprint density at radius 1 is 0.676 bits per heavy atom. The standard InChI is InChI=1S/C46H60N8O14/c1-24(40(47)62)49-44(66)34-9-6-18-54(34)46(67)33(21-28-12-16-30(57)17-13-28)51-36(58)22-48-42(64)31(19-26-7-4-3-5-8-26)52-41(63)25(2)50-43(65)32(20-27-10-14-29(56)15-11-27)53-45-39(61)38(60)37(59)35(23-55)68-45/h3-5,7-8,10-17,24-25,31-35,37-39,45,53,55-57,59-61H,6,9,18-23H2,1-2H3,(H2,47,62)(H,48,64)(H,49,66)(H,50,65)(H,51,58)(H,52,63)/t24-,25+,31-,32-,33-,34-,35+,37-,38-,39+,45-/m0/s1. The van der Waals surface area contributed by atoms with Crippen LogP contribution in [0.25, 0.3) is 0 Å². The molecule has 2 saturated heterocycles. The van der Waals surface area contributed by atoms with Gasteiger partial charge in [-0.15, -0.1) is 0 Å². The van der Waals surface area contributed by atoms with E-state index in [1.165, 1.54) is 55.1 Å². The Bertz CT molecular complexity index is 2220. The number of hydrogen-bond donors (Lipinski definition) is 13. The topological polar surface area (TPSA) is 352 Å². The maximum atomic E-state index is 14.1. The number of aromatic hydroxyl groups is 2. The molecule has 0 saturated carbocycles. The normalized spacial score (nSPS) is 22.4. The van der Waals surface area contributed by atoms with Crippen molar-refractivity contribution >= 4 is 41.4 Å². The average Bonchev–Trinajstić information content (AvgIpc) is 3.82. The molecular weight excluding hydrogens is 889 g/mol. The van der Waals surface area contributed by atoms with Crippen molar-refractivity contribution in [3.05, 3.63) is 95.6 Å². The third-order valence-electron chi connectivity index (χ3n) is 11.7. The molecule has 0 aromatic heterocycles. The first-order valence-electron chi connectivity index (χ1n) is 22.1. The van der Waals surface area contributed by atoms with Gasteiger partial charge in [0.15, 0.2) is 0 Å². The molecule has 2 fully saturated rings. The van der Waals surface area contributed by atoms with Crippen LogP contribution in [0.15, 0.2) is 78.9 Å². The van der Waals surface area contributed by atoms with Gasteiger partial charge in [-0.1, -0.05) is 54.6 Å². The van der Waals surface area contributed by atoms with Crippen molar-refractivity contribution in [2.45, 2.75) is 113 Å². The molecule has 0 bridgehead atoms. The SMILES string of the molecule is C[C@H](NC(=O)[C@@H]1CCCN1C(=O)[C@H](Cc1ccc(O)cc1)NC(=O)CNC(=O)[C@H](Cc1ccccc1)NC(=O)[C@@H](C)NC(=O)[C@H](Cc1ccc(O)cc1)N[C@H]1O[C@H](CO)[C@H](O)[C@H](O)[C@H]1O)C(N)=O. The first-order valence-corrected chi connectivity index (χ1v) is 22.1. The van der Waals surface area contributed by atoms with Crippen molar-refractivity contribution < 1.29 is 68.9 Å². The second-order valence-electron chi connectivity index (χ2n) is 16.9. The Morgan fingerprint density at radius 3 is 1.84 bits per heavy atom. The fraction of sp³-hybridized carbons (Fsp3) is 0.457. The number of carbonyl (C=O) groups is 7. The Labute approximate surface area is 391 Å². The van der Waals surface area contributed by atoms with Gasteiger partial charge in [0.1, 0.15) is 72.4 Å². The highest BCUT2D eigenvalue weighted by Gasteiger charge is 2.45. The van der Waals surface area contributed by atoms with Crippen LogP contribution in [0, 0.1) is 0 Å². The van der Waals surface area contributed by atoms with E-state index >= 15 is 0 Å². The van der Waals surface area contributed by atoms with Gasteiger partial charge in [0.2, 0.25) is 41.4 Å². The zero-order valence-corrected chi connectivity index (χ0v) is 37.5. The van der Waals surface area contributed by atoms with Crippen LogP contribution in [0.3, 0.4) is 0 Å². The van der Waals surface area contributed by atoms with Crippen LogP contribution in [-0.2, 0) is 57.6 Å². The lowest BCUT2D eigenvalue weighted by atomic mass is 9.97. The number of nitrogens with one attached hydrogen (secondary N) is 6. The molecule has 11 atom stereocenters. The molecule has 5 rings (SSSR count). The number of ether oxygens (including phenoxy) is 1. The van der Waals surface area contributed by atoms with E-state index in [0.29, 0.717) is 23.1 Å². The number of carbonyl (C=O) groups excluding carboxylic acids is 7. The quantitative estimate of drug-likeness (QED) is 0.0492. The van der Waals surface area contributed by atoms with Gasteiger partial charge in [0.25, 0.3) is 0 Å². The van der Waals surface area contributed by atoms with E-state index < -0.39 is 121 Å². The van der Waals surface area contributed by atoms with Crippen LogP contribution in [0.5, 0.6) is 11.5 Å². The highest BCUT2D eigenvalue weighted by Crippen LogP contribution is 2.23. The van der Waals surface area contributed by atoms with Crippen LogP contribution in [0.2, 0.25) is 0 Å². The minimum absolute atomic E-state index is 0.0317. The number of nitrogens with zero attached hydrogens (tertiary/aromatic N) is 1. The van der Waals surface area contributed by atoms with E-state index in [2.05, 4.69) is 31.9 Å². The van der Waals surface area contributed by atoms with E-state index in [1.807, 2.05) is 0 Å². The fourth-order valence-electron chi connectivity index (χ4n) is 7.76. The number of aliphatic hydroxyl groups excluding tert-OH is 4. The number of phenols is 2. The number of primary amides is 1. The van der Waals surface area contributed by atoms with Crippen LogP contribution < -0.4 is 37.6 Å². The summed E-state index contributed by atoms with van der Waals surface area (Å²) >= 11 is 0. The number of amides is 7. The predicted octanol–water partition coefficient (Wildman–Crippen LogP) is -3.54. The summed E-state index contributed by atoms with van der Waals surface area (Å²) in [5.74, 6) is -5.26. The molecule has 0 unspecified atom stereocenters. The third-order valence-corrected chi connectivity index (χ3v) is 11.7. The second-order valence-corrected chi connectivity index (χ2v) is 16.9. The second kappa shape index (κ2) is 24.4. The van der Waals surface area contributed by atoms with E-state index in [9.17, 15) is 64.2 Å². The van der Waals surface area contributed by atoms with Gasteiger partial charge in [-0.2, -0.15) is 0 Å². The number of phenolic OH excluding ortho intramolecular Hbond substituents is 2. The molecular formula is C46H60N8O14. The number of hydrogen-bond acceptors (Lipinski definition) is 15. The predicted molar refractivity (Wildman–Crippen MR) is 240 cm³/mol. The van der Waals surface area contributed by atoms with Crippen molar-refractivity contribution in [2.75, 3.05) is 19.7 Å². The molecule has 68 heavy (non-hydrogen) atoms. The molecule has 14 N–H and O–H groups in total. The molecule has 0 radical (unpaired) electrons.